The number of carbonyl (C=O) groups is 1. The largest absolute Gasteiger partial charge is 0.493 e. The van der Waals surface area contributed by atoms with Crippen LogP contribution in [0.3, 0.4) is 0 Å². The Bertz CT molecular complexity index is 956. The highest BCUT2D eigenvalue weighted by Crippen LogP contribution is 2.61. The smallest absolute Gasteiger partial charge is 0.174 e. The van der Waals surface area contributed by atoms with Gasteiger partial charge in [0, 0.05) is 29.0 Å². The number of rotatable bonds is 5. The van der Waals surface area contributed by atoms with Gasteiger partial charge in [-0.25, -0.2) is 0 Å². The van der Waals surface area contributed by atoms with Crippen molar-refractivity contribution in [2.75, 3.05) is 13.2 Å². The third-order valence-electron chi connectivity index (χ3n) is 7.63. The number of ketones is 1. The minimum absolute atomic E-state index is 0.127. The lowest BCUT2D eigenvalue weighted by molar-refractivity contribution is -0.135. The van der Waals surface area contributed by atoms with Crippen molar-refractivity contribution in [3.8, 4) is 11.5 Å². The van der Waals surface area contributed by atoms with Crippen molar-refractivity contribution in [3.63, 3.8) is 0 Å². The molecular formula is C25H27NO3. The van der Waals surface area contributed by atoms with Gasteiger partial charge in [0.2, 0.25) is 0 Å². The lowest BCUT2D eigenvalue weighted by Gasteiger charge is -2.54. The summed E-state index contributed by atoms with van der Waals surface area (Å²) in [6, 6.07) is 15.1. The van der Waals surface area contributed by atoms with Crippen molar-refractivity contribution in [1.82, 2.24) is 5.32 Å². The van der Waals surface area contributed by atoms with Crippen LogP contribution in [0, 0.1) is 5.92 Å². The van der Waals surface area contributed by atoms with Gasteiger partial charge in [0.15, 0.2) is 11.9 Å². The SMILES string of the molecule is O=C1CC[C@H]2[C@H]3Cc4c(OCCCc5ccccc5)ccc5c4[C@@]2(CCN3)[C@H]1O5. The third-order valence-corrected chi connectivity index (χ3v) is 7.63. The Morgan fingerprint density at radius 2 is 2.07 bits per heavy atom. The zero-order valence-corrected chi connectivity index (χ0v) is 16.7. The summed E-state index contributed by atoms with van der Waals surface area (Å²) >= 11 is 0. The highest BCUT2D eigenvalue weighted by atomic mass is 16.5. The molecule has 2 aromatic rings. The average molecular weight is 389 g/mol. The molecular weight excluding hydrogens is 362 g/mol. The minimum atomic E-state index is -0.284. The monoisotopic (exact) mass is 389 g/mol. The molecule has 29 heavy (non-hydrogen) atoms. The van der Waals surface area contributed by atoms with Crippen LogP contribution in [0.2, 0.25) is 0 Å². The first kappa shape index (κ1) is 17.5. The molecule has 4 aliphatic rings. The lowest BCUT2D eigenvalue weighted by atomic mass is 9.52. The number of ether oxygens (including phenoxy) is 2. The number of hydrogen-bond acceptors (Lipinski definition) is 4. The van der Waals surface area contributed by atoms with E-state index in [1.54, 1.807) is 0 Å². The van der Waals surface area contributed by atoms with E-state index in [0.717, 1.165) is 50.1 Å². The minimum Gasteiger partial charge on any atom is -0.493 e. The molecule has 4 nitrogen and oxygen atoms in total. The fourth-order valence-corrected chi connectivity index (χ4v) is 6.48. The molecule has 0 aromatic heterocycles. The summed E-state index contributed by atoms with van der Waals surface area (Å²) in [6.45, 7) is 1.67. The molecule has 0 unspecified atom stereocenters. The molecule has 1 saturated carbocycles. The Hall–Kier alpha value is -2.33. The van der Waals surface area contributed by atoms with Gasteiger partial charge in [-0.15, -0.1) is 0 Å². The summed E-state index contributed by atoms with van der Waals surface area (Å²) in [5.74, 6) is 2.71. The quantitative estimate of drug-likeness (QED) is 0.794. The van der Waals surface area contributed by atoms with E-state index in [4.69, 9.17) is 9.47 Å². The number of benzene rings is 2. The molecule has 2 bridgehead atoms. The van der Waals surface area contributed by atoms with Crippen LogP contribution in [0.25, 0.3) is 0 Å². The highest BCUT2D eigenvalue weighted by Gasteiger charge is 2.64. The van der Waals surface area contributed by atoms with Crippen molar-refractivity contribution < 1.29 is 14.3 Å². The van der Waals surface area contributed by atoms with Crippen LogP contribution in [0.4, 0.5) is 0 Å². The van der Waals surface area contributed by atoms with E-state index in [-0.39, 0.29) is 17.3 Å². The van der Waals surface area contributed by atoms with Crippen LogP contribution in [0.15, 0.2) is 42.5 Å². The molecule has 2 aliphatic carbocycles. The Kier molecular flexibility index (Phi) is 3.98. The van der Waals surface area contributed by atoms with Gasteiger partial charge in [-0.05, 0) is 62.3 Å². The maximum absolute atomic E-state index is 12.8. The molecule has 0 amide bonds. The van der Waals surface area contributed by atoms with E-state index in [0.29, 0.717) is 25.0 Å². The number of nitrogens with one attached hydrogen (secondary N) is 1. The summed E-state index contributed by atoms with van der Waals surface area (Å²) in [7, 11) is 0. The standard InChI is InChI=1S/C25H27NO3/c27-20-9-8-18-19-15-17-21(28-14-4-7-16-5-2-1-3-6-16)10-11-22-23(17)25(18,12-13-26-19)24(20)29-22/h1-3,5-6,10-11,18-19,24,26H,4,7-9,12-15H2/t18-,19+,24-,25-/m0/s1. The first-order valence-corrected chi connectivity index (χ1v) is 11.0. The van der Waals surface area contributed by atoms with Crippen LogP contribution >= 0.6 is 0 Å². The van der Waals surface area contributed by atoms with Crippen LogP contribution < -0.4 is 14.8 Å². The van der Waals surface area contributed by atoms with E-state index >= 15 is 0 Å². The van der Waals surface area contributed by atoms with Crippen molar-refractivity contribution in [2.24, 2.45) is 5.92 Å². The van der Waals surface area contributed by atoms with Crippen molar-refractivity contribution in [1.29, 1.82) is 0 Å². The molecule has 4 atom stereocenters. The summed E-state index contributed by atoms with van der Waals surface area (Å²) in [6.07, 6.45) is 5.34. The predicted octanol–water partition coefficient (Wildman–Crippen LogP) is 3.59. The zero-order chi connectivity index (χ0) is 19.4. The number of hydrogen-bond donors (Lipinski definition) is 1. The van der Waals surface area contributed by atoms with Gasteiger partial charge in [0.1, 0.15) is 11.5 Å². The molecule has 0 radical (unpaired) electrons. The van der Waals surface area contributed by atoms with Gasteiger partial charge in [0.05, 0.1) is 6.61 Å². The summed E-state index contributed by atoms with van der Waals surface area (Å²) in [5, 5.41) is 3.74. The molecule has 2 fully saturated rings. The molecule has 2 heterocycles. The highest BCUT2D eigenvalue weighted by molar-refractivity contribution is 5.89. The van der Waals surface area contributed by atoms with E-state index < -0.39 is 0 Å². The molecule has 2 aliphatic heterocycles. The maximum Gasteiger partial charge on any atom is 0.174 e. The fourth-order valence-electron chi connectivity index (χ4n) is 6.48. The summed E-state index contributed by atoms with van der Waals surface area (Å²) in [5.41, 5.74) is 3.81. The second kappa shape index (κ2) is 6.60. The first-order valence-electron chi connectivity index (χ1n) is 11.0. The topological polar surface area (TPSA) is 47.6 Å². The zero-order valence-electron chi connectivity index (χ0n) is 16.7. The normalized spacial score (nSPS) is 31.2. The molecule has 1 spiro atoms. The molecule has 4 heteroatoms. The Morgan fingerprint density at radius 3 is 2.97 bits per heavy atom. The lowest BCUT2D eigenvalue weighted by Crippen LogP contribution is -2.65. The number of Topliss-reactive ketones (excluding diaryl/α,β-unsaturated/α-hetero) is 1. The van der Waals surface area contributed by atoms with Gasteiger partial charge in [-0.1, -0.05) is 30.3 Å². The Labute approximate surface area is 171 Å². The first-order chi connectivity index (χ1) is 14.3. The third kappa shape index (κ3) is 2.51. The number of piperidine rings is 1. The van der Waals surface area contributed by atoms with Crippen LogP contribution in [-0.4, -0.2) is 31.1 Å². The Balaban J connectivity index is 1.29. The second-order valence-corrected chi connectivity index (χ2v) is 9.02. The Morgan fingerprint density at radius 1 is 1.17 bits per heavy atom. The molecule has 1 N–H and O–H groups in total. The van der Waals surface area contributed by atoms with Gasteiger partial charge in [-0.3, -0.25) is 4.79 Å². The van der Waals surface area contributed by atoms with Crippen LogP contribution in [0.5, 0.6) is 11.5 Å². The van der Waals surface area contributed by atoms with Gasteiger partial charge in [0.25, 0.3) is 0 Å². The van der Waals surface area contributed by atoms with E-state index in [1.807, 2.05) is 6.07 Å². The molecule has 6 rings (SSSR count). The van der Waals surface area contributed by atoms with E-state index in [1.165, 1.54) is 16.7 Å². The molecule has 1 saturated heterocycles. The van der Waals surface area contributed by atoms with Gasteiger partial charge >= 0.3 is 0 Å². The maximum atomic E-state index is 12.8. The average Bonchev–Trinajstić information content (AvgIpc) is 3.07. The van der Waals surface area contributed by atoms with Crippen LogP contribution in [0.1, 0.15) is 42.4 Å². The molecule has 2 aromatic carbocycles. The van der Waals surface area contributed by atoms with E-state index in [9.17, 15) is 4.79 Å². The van der Waals surface area contributed by atoms with Gasteiger partial charge in [-0.2, -0.15) is 0 Å². The van der Waals surface area contributed by atoms with Crippen molar-refractivity contribution >= 4 is 5.78 Å². The summed E-state index contributed by atoms with van der Waals surface area (Å²) < 4.78 is 12.6. The van der Waals surface area contributed by atoms with Crippen molar-refractivity contribution in [3.05, 3.63) is 59.2 Å². The van der Waals surface area contributed by atoms with E-state index in [2.05, 4.69) is 41.7 Å². The van der Waals surface area contributed by atoms with Gasteiger partial charge < -0.3 is 14.8 Å². The molecule has 150 valence electrons. The number of aryl methyl sites for hydroxylation is 1. The number of carbonyl (C=O) groups excluding carboxylic acids is 1. The summed E-state index contributed by atoms with van der Waals surface area (Å²) in [4.78, 5) is 12.8. The van der Waals surface area contributed by atoms with Crippen LogP contribution in [-0.2, 0) is 23.1 Å². The predicted molar refractivity (Wildman–Crippen MR) is 111 cm³/mol. The fraction of sp³-hybridized carbons (Fsp3) is 0.480. The van der Waals surface area contributed by atoms with Crippen molar-refractivity contribution in [2.45, 2.75) is 56.1 Å². The second-order valence-electron chi connectivity index (χ2n) is 9.02.